The number of nitrogens with zero attached hydrogens (tertiary/aromatic N) is 2. The van der Waals surface area contributed by atoms with Crippen molar-refractivity contribution < 1.29 is 19.3 Å². The highest BCUT2D eigenvalue weighted by Gasteiger charge is 2.36. The molecule has 0 fully saturated rings. The van der Waals surface area contributed by atoms with E-state index in [-0.39, 0.29) is 10.9 Å². The summed E-state index contributed by atoms with van der Waals surface area (Å²) >= 11 is 23.2. The van der Waals surface area contributed by atoms with Gasteiger partial charge in [-0.3, -0.25) is 19.3 Å². The zero-order chi connectivity index (χ0) is 17.4. The number of carbonyl (C=O) groups excluding carboxylic acids is 2. The van der Waals surface area contributed by atoms with Crippen molar-refractivity contribution >= 4 is 58.2 Å². The van der Waals surface area contributed by atoms with Crippen molar-refractivity contribution in [2.75, 3.05) is 28.3 Å². The molecule has 0 saturated heterocycles. The molecule has 0 aliphatic heterocycles. The van der Waals surface area contributed by atoms with E-state index in [1.54, 1.807) is 0 Å². The van der Waals surface area contributed by atoms with Crippen molar-refractivity contribution in [3.8, 4) is 0 Å². The molecule has 0 bridgehead atoms. The minimum atomic E-state index is -1.02. The summed E-state index contributed by atoms with van der Waals surface area (Å²) in [5.41, 5.74) is 0. The first kappa shape index (κ1) is 21.8. The van der Waals surface area contributed by atoms with Gasteiger partial charge >= 0.3 is 0 Å². The fraction of sp³-hybridized carbons (Fsp3) is 0.667. The van der Waals surface area contributed by atoms with Crippen LogP contribution < -0.4 is 0 Å². The predicted octanol–water partition coefficient (Wildman–Crippen LogP) is 2.77. The van der Waals surface area contributed by atoms with Gasteiger partial charge in [-0.05, 0) is 6.08 Å². The van der Waals surface area contributed by atoms with Gasteiger partial charge in [-0.2, -0.15) is 0 Å². The molecule has 2 amide bonds. The van der Waals surface area contributed by atoms with E-state index in [1.807, 2.05) is 0 Å². The number of hydrogen-bond acceptors (Lipinski definition) is 4. The van der Waals surface area contributed by atoms with Crippen molar-refractivity contribution in [2.24, 2.45) is 11.8 Å². The number of carbonyl (C=O) groups is 2. The maximum Gasteiger partial charge on any atom is 0.253 e. The number of hydroxylamine groups is 4. The van der Waals surface area contributed by atoms with Gasteiger partial charge in [0.1, 0.15) is 9.33 Å². The van der Waals surface area contributed by atoms with Crippen LogP contribution in [-0.2, 0) is 19.3 Å². The molecule has 0 radical (unpaired) electrons. The summed E-state index contributed by atoms with van der Waals surface area (Å²) in [6.45, 7) is 0. The molecule has 10 heteroatoms. The summed E-state index contributed by atoms with van der Waals surface area (Å²) in [6.07, 6.45) is 1.12. The smallest absolute Gasteiger partial charge is 0.253 e. The van der Waals surface area contributed by atoms with Crippen LogP contribution >= 0.6 is 46.4 Å². The summed E-state index contributed by atoms with van der Waals surface area (Å²) in [7, 11) is 5.49. The highest BCUT2D eigenvalue weighted by atomic mass is 35.5. The molecule has 128 valence electrons. The Morgan fingerprint density at radius 2 is 1.59 bits per heavy atom. The number of alkyl halides is 2. The third-order valence-corrected chi connectivity index (χ3v) is 3.89. The van der Waals surface area contributed by atoms with Crippen LogP contribution in [0.2, 0.25) is 0 Å². The molecule has 6 nitrogen and oxygen atoms in total. The van der Waals surface area contributed by atoms with Crippen LogP contribution in [0.4, 0.5) is 0 Å². The highest BCUT2D eigenvalue weighted by molar-refractivity contribution is 6.56. The third-order valence-electron chi connectivity index (χ3n) is 3.00. The molecule has 0 aliphatic carbocycles. The molecule has 0 saturated carbocycles. The summed E-state index contributed by atoms with van der Waals surface area (Å²) < 4.78 is -0.144. The minimum absolute atomic E-state index is 0.144. The van der Waals surface area contributed by atoms with Crippen molar-refractivity contribution in [3.05, 3.63) is 10.6 Å². The Balaban J connectivity index is 5.46. The maximum absolute atomic E-state index is 12.3. The Hall–Kier alpha value is -0.240. The van der Waals surface area contributed by atoms with Gasteiger partial charge in [0.05, 0.1) is 20.1 Å². The molecule has 0 rings (SSSR count). The standard InChI is InChI=1S/C12H18Cl4N2O4/c1-17(21-3)10(19)6-7(11(15)16)8(5-9(13)14)12(20)18(2)22-4/h5,7-8,11H,6H2,1-4H3/t7-,8-/m0/s1. The van der Waals surface area contributed by atoms with E-state index in [0.29, 0.717) is 0 Å². The lowest BCUT2D eigenvalue weighted by atomic mass is 9.89. The van der Waals surface area contributed by atoms with Gasteiger partial charge in [0, 0.05) is 26.4 Å². The van der Waals surface area contributed by atoms with Crippen LogP contribution in [0.3, 0.4) is 0 Å². The predicted molar refractivity (Wildman–Crippen MR) is 86.4 cm³/mol. The van der Waals surface area contributed by atoms with Gasteiger partial charge in [0.15, 0.2) is 0 Å². The molecule has 0 aromatic carbocycles. The van der Waals surface area contributed by atoms with Crippen LogP contribution in [-0.4, -0.2) is 55.1 Å². The lowest BCUT2D eigenvalue weighted by Gasteiger charge is -2.28. The zero-order valence-electron chi connectivity index (χ0n) is 12.6. The lowest BCUT2D eigenvalue weighted by molar-refractivity contribution is -0.175. The molecule has 0 heterocycles. The summed E-state index contributed by atoms with van der Waals surface area (Å²) in [6, 6.07) is 0. The minimum Gasteiger partial charge on any atom is -0.275 e. The molecule has 0 aromatic heterocycles. The molecule has 0 aromatic rings. The van der Waals surface area contributed by atoms with E-state index in [0.717, 1.165) is 10.1 Å². The SMILES string of the molecule is CON(C)C(=O)C[C@H](C(Cl)Cl)[C@H](C=C(Cl)Cl)C(=O)N(C)OC. The Bertz CT molecular complexity index is 416. The van der Waals surface area contributed by atoms with E-state index < -0.39 is 28.5 Å². The molecule has 22 heavy (non-hydrogen) atoms. The molecule has 0 unspecified atom stereocenters. The van der Waals surface area contributed by atoms with Crippen molar-refractivity contribution in [1.29, 1.82) is 0 Å². The molecule has 0 aliphatic rings. The van der Waals surface area contributed by atoms with Crippen LogP contribution in [0.25, 0.3) is 0 Å². The van der Waals surface area contributed by atoms with Gasteiger partial charge in [-0.1, -0.05) is 23.2 Å². The van der Waals surface area contributed by atoms with Gasteiger partial charge < -0.3 is 0 Å². The van der Waals surface area contributed by atoms with E-state index in [4.69, 9.17) is 56.1 Å². The fourth-order valence-electron chi connectivity index (χ4n) is 1.62. The molecule has 0 N–H and O–H groups in total. The molecular weight excluding hydrogens is 378 g/mol. The van der Waals surface area contributed by atoms with Gasteiger partial charge in [-0.15, -0.1) is 23.2 Å². The van der Waals surface area contributed by atoms with Crippen LogP contribution in [0.5, 0.6) is 0 Å². The molecule has 2 atom stereocenters. The lowest BCUT2D eigenvalue weighted by Crippen LogP contribution is -2.39. The van der Waals surface area contributed by atoms with Gasteiger partial charge in [0.2, 0.25) is 5.91 Å². The molecular formula is C12H18Cl4N2O4. The number of rotatable bonds is 8. The third kappa shape index (κ3) is 6.89. The first-order chi connectivity index (χ1) is 10.1. The van der Waals surface area contributed by atoms with Crippen LogP contribution in [0.15, 0.2) is 10.6 Å². The monoisotopic (exact) mass is 394 g/mol. The largest absolute Gasteiger partial charge is 0.275 e. The summed E-state index contributed by atoms with van der Waals surface area (Å²) in [4.78, 5) is 32.9. The number of amides is 2. The Morgan fingerprint density at radius 1 is 1.09 bits per heavy atom. The van der Waals surface area contributed by atoms with Crippen molar-refractivity contribution in [3.63, 3.8) is 0 Å². The highest BCUT2D eigenvalue weighted by Crippen LogP contribution is 2.31. The Labute approximate surface area is 149 Å². The van der Waals surface area contributed by atoms with E-state index >= 15 is 0 Å². The molecule has 0 spiro atoms. The van der Waals surface area contributed by atoms with E-state index in [1.165, 1.54) is 34.4 Å². The van der Waals surface area contributed by atoms with E-state index in [9.17, 15) is 9.59 Å². The number of halogens is 4. The van der Waals surface area contributed by atoms with Gasteiger partial charge in [0.25, 0.3) is 5.91 Å². The fourth-order valence-corrected chi connectivity index (χ4v) is 2.38. The first-order valence-corrected chi connectivity index (χ1v) is 7.71. The Kier molecular flexibility index (Phi) is 10.4. The quantitative estimate of drug-likeness (QED) is 0.468. The van der Waals surface area contributed by atoms with Crippen LogP contribution in [0, 0.1) is 11.8 Å². The number of hydrogen-bond donors (Lipinski definition) is 0. The topological polar surface area (TPSA) is 59.1 Å². The average molecular weight is 396 g/mol. The van der Waals surface area contributed by atoms with Crippen molar-refractivity contribution in [1.82, 2.24) is 10.1 Å². The second kappa shape index (κ2) is 10.5. The maximum atomic E-state index is 12.3. The van der Waals surface area contributed by atoms with Crippen molar-refractivity contribution in [2.45, 2.75) is 11.3 Å². The van der Waals surface area contributed by atoms with Crippen LogP contribution in [0.1, 0.15) is 6.42 Å². The second-order valence-electron chi connectivity index (χ2n) is 4.28. The second-order valence-corrected chi connectivity index (χ2v) is 6.45. The van der Waals surface area contributed by atoms with Gasteiger partial charge in [-0.25, -0.2) is 10.1 Å². The average Bonchev–Trinajstić information content (AvgIpc) is 2.47. The first-order valence-electron chi connectivity index (χ1n) is 6.09. The normalized spacial score (nSPS) is 13.5. The summed E-state index contributed by atoms with van der Waals surface area (Å²) in [5.74, 6) is -2.61. The Morgan fingerprint density at radius 3 is 1.95 bits per heavy atom. The zero-order valence-corrected chi connectivity index (χ0v) is 15.6. The summed E-state index contributed by atoms with van der Waals surface area (Å²) in [5, 5.41) is 1.99. The van der Waals surface area contributed by atoms with E-state index in [2.05, 4.69) is 0 Å².